The standard InChI is InChI=1S/C12H23N/c1-3-5-8-11(13)12(4-2)9-6-7-10-12/h3,11H,1,4-10,13H2,2H3. The molecule has 1 fully saturated rings. The third-order valence-corrected chi connectivity index (χ3v) is 3.77. The average molecular weight is 181 g/mol. The Bertz CT molecular complexity index is 157. The number of nitrogens with two attached hydrogens (primary N) is 1. The second kappa shape index (κ2) is 4.80. The van der Waals surface area contributed by atoms with E-state index in [1.54, 1.807) is 0 Å². The van der Waals surface area contributed by atoms with Gasteiger partial charge < -0.3 is 5.73 Å². The number of rotatable bonds is 5. The van der Waals surface area contributed by atoms with E-state index in [2.05, 4.69) is 13.5 Å². The molecule has 1 rings (SSSR count). The fraction of sp³-hybridized carbons (Fsp3) is 0.833. The fourth-order valence-corrected chi connectivity index (χ4v) is 2.67. The molecule has 1 nitrogen and oxygen atoms in total. The van der Waals surface area contributed by atoms with Crippen molar-refractivity contribution in [1.29, 1.82) is 0 Å². The Morgan fingerprint density at radius 1 is 1.46 bits per heavy atom. The molecule has 0 radical (unpaired) electrons. The molecule has 1 aliphatic carbocycles. The van der Waals surface area contributed by atoms with Crippen LogP contribution in [0.15, 0.2) is 12.7 Å². The zero-order valence-electron chi connectivity index (χ0n) is 8.89. The third-order valence-electron chi connectivity index (χ3n) is 3.77. The second-order valence-electron chi connectivity index (χ2n) is 4.40. The molecule has 2 N–H and O–H groups in total. The Hall–Kier alpha value is -0.300. The van der Waals surface area contributed by atoms with Gasteiger partial charge in [-0.3, -0.25) is 0 Å². The average Bonchev–Trinajstić information content (AvgIpc) is 2.63. The van der Waals surface area contributed by atoms with E-state index in [-0.39, 0.29) is 0 Å². The molecule has 1 unspecified atom stereocenters. The van der Waals surface area contributed by atoms with Crippen LogP contribution in [0.2, 0.25) is 0 Å². The minimum absolute atomic E-state index is 0.401. The highest BCUT2D eigenvalue weighted by Crippen LogP contribution is 2.44. The van der Waals surface area contributed by atoms with Crippen molar-refractivity contribution >= 4 is 0 Å². The van der Waals surface area contributed by atoms with E-state index in [0.29, 0.717) is 11.5 Å². The van der Waals surface area contributed by atoms with Crippen molar-refractivity contribution in [2.75, 3.05) is 0 Å². The second-order valence-corrected chi connectivity index (χ2v) is 4.40. The topological polar surface area (TPSA) is 26.0 Å². The molecule has 1 heteroatoms. The van der Waals surface area contributed by atoms with Gasteiger partial charge in [0, 0.05) is 6.04 Å². The Balaban J connectivity index is 2.48. The van der Waals surface area contributed by atoms with Crippen LogP contribution in [0.25, 0.3) is 0 Å². The quantitative estimate of drug-likeness (QED) is 0.647. The van der Waals surface area contributed by atoms with Crippen molar-refractivity contribution in [1.82, 2.24) is 0 Å². The zero-order valence-corrected chi connectivity index (χ0v) is 8.89. The summed E-state index contributed by atoms with van der Waals surface area (Å²) in [6, 6.07) is 0.401. The summed E-state index contributed by atoms with van der Waals surface area (Å²) in [4.78, 5) is 0. The van der Waals surface area contributed by atoms with Crippen LogP contribution in [-0.4, -0.2) is 6.04 Å². The SMILES string of the molecule is C=CCCC(N)C1(CC)CCCC1. The van der Waals surface area contributed by atoms with Crippen LogP contribution >= 0.6 is 0 Å². The van der Waals surface area contributed by atoms with Gasteiger partial charge in [-0.15, -0.1) is 6.58 Å². The van der Waals surface area contributed by atoms with Gasteiger partial charge >= 0.3 is 0 Å². The van der Waals surface area contributed by atoms with E-state index < -0.39 is 0 Å². The van der Waals surface area contributed by atoms with Crippen molar-refractivity contribution in [2.24, 2.45) is 11.1 Å². The molecule has 0 aliphatic heterocycles. The maximum atomic E-state index is 6.26. The first-order chi connectivity index (χ1) is 6.25. The summed E-state index contributed by atoms with van der Waals surface area (Å²) in [6.07, 6.45) is 10.9. The fourth-order valence-electron chi connectivity index (χ4n) is 2.67. The first-order valence-corrected chi connectivity index (χ1v) is 5.61. The molecule has 0 bridgehead atoms. The van der Waals surface area contributed by atoms with Crippen molar-refractivity contribution in [3.8, 4) is 0 Å². The van der Waals surface area contributed by atoms with Gasteiger partial charge in [0.2, 0.25) is 0 Å². The molecule has 0 saturated heterocycles. The predicted octanol–water partition coefficient (Wildman–Crippen LogP) is 3.25. The molecule has 76 valence electrons. The Morgan fingerprint density at radius 2 is 2.08 bits per heavy atom. The number of allylic oxidation sites excluding steroid dienone is 1. The highest BCUT2D eigenvalue weighted by molar-refractivity contribution is 4.92. The van der Waals surface area contributed by atoms with Gasteiger partial charge in [-0.1, -0.05) is 25.8 Å². The number of hydrogen-bond acceptors (Lipinski definition) is 1. The highest BCUT2D eigenvalue weighted by Gasteiger charge is 2.36. The van der Waals surface area contributed by atoms with Crippen molar-refractivity contribution in [2.45, 2.75) is 57.9 Å². The van der Waals surface area contributed by atoms with Crippen LogP contribution in [0, 0.1) is 5.41 Å². The van der Waals surface area contributed by atoms with E-state index in [1.165, 1.54) is 32.1 Å². The van der Waals surface area contributed by atoms with Gasteiger partial charge in [0.15, 0.2) is 0 Å². The Morgan fingerprint density at radius 3 is 2.54 bits per heavy atom. The minimum Gasteiger partial charge on any atom is -0.327 e. The molecule has 0 amide bonds. The molecule has 13 heavy (non-hydrogen) atoms. The van der Waals surface area contributed by atoms with Crippen molar-refractivity contribution < 1.29 is 0 Å². The Kier molecular flexibility index (Phi) is 3.98. The van der Waals surface area contributed by atoms with Gasteiger partial charge in [-0.2, -0.15) is 0 Å². The first kappa shape index (κ1) is 10.8. The molecule has 1 saturated carbocycles. The van der Waals surface area contributed by atoms with Crippen LogP contribution in [0.5, 0.6) is 0 Å². The summed E-state index contributed by atoms with van der Waals surface area (Å²) in [5.74, 6) is 0. The maximum Gasteiger partial charge on any atom is 0.00984 e. The molecule has 0 aromatic rings. The molecule has 1 atom stereocenters. The largest absolute Gasteiger partial charge is 0.327 e. The lowest BCUT2D eigenvalue weighted by molar-refractivity contribution is 0.212. The summed E-state index contributed by atoms with van der Waals surface area (Å²) < 4.78 is 0. The Labute approximate surface area is 82.4 Å². The van der Waals surface area contributed by atoms with Crippen LogP contribution in [-0.2, 0) is 0 Å². The predicted molar refractivity (Wildman–Crippen MR) is 58.6 cm³/mol. The first-order valence-electron chi connectivity index (χ1n) is 5.61. The summed E-state index contributed by atoms with van der Waals surface area (Å²) >= 11 is 0. The summed E-state index contributed by atoms with van der Waals surface area (Å²) in [5, 5.41) is 0. The van der Waals surface area contributed by atoms with E-state index in [4.69, 9.17) is 5.73 Å². The third kappa shape index (κ3) is 2.34. The molecular formula is C12H23N. The molecule has 0 spiro atoms. The van der Waals surface area contributed by atoms with Gasteiger partial charge in [0.05, 0.1) is 0 Å². The van der Waals surface area contributed by atoms with Crippen LogP contribution < -0.4 is 5.73 Å². The lowest BCUT2D eigenvalue weighted by Gasteiger charge is -2.34. The smallest absolute Gasteiger partial charge is 0.00984 e. The summed E-state index contributed by atoms with van der Waals surface area (Å²) in [6.45, 7) is 6.04. The number of hydrogen-bond donors (Lipinski definition) is 1. The van der Waals surface area contributed by atoms with Crippen LogP contribution in [0.4, 0.5) is 0 Å². The van der Waals surface area contributed by atoms with Crippen molar-refractivity contribution in [3.05, 3.63) is 12.7 Å². The molecule has 1 aliphatic rings. The van der Waals surface area contributed by atoms with Gasteiger partial charge in [0.25, 0.3) is 0 Å². The van der Waals surface area contributed by atoms with Crippen LogP contribution in [0.3, 0.4) is 0 Å². The van der Waals surface area contributed by atoms with Crippen molar-refractivity contribution in [3.63, 3.8) is 0 Å². The highest BCUT2D eigenvalue weighted by atomic mass is 14.7. The van der Waals surface area contributed by atoms with Crippen LogP contribution in [0.1, 0.15) is 51.9 Å². The molecule has 0 aromatic heterocycles. The molecular weight excluding hydrogens is 158 g/mol. The zero-order chi connectivity index (χ0) is 9.73. The maximum absolute atomic E-state index is 6.26. The molecule has 0 heterocycles. The van der Waals surface area contributed by atoms with Gasteiger partial charge in [-0.05, 0) is 37.5 Å². The summed E-state index contributed by atoms with van der Waals surface area (Å²) in [7, 11) is 0. The minimum atomic E-state index is 0.401. The lowest BCUT2D eigenvalue weighted by atomic mass is 9.75. The van der Waals surface area contributed by atoms with Gasteiger partial charge in [-0.25, -0.2) is 0 Å². The lowest BCUT2D eigenvalue weighted by Crippen LogP contribution is -2.39. The monoisotopic (exact) mass is 181 g/mol. The van der Waals surface area contributed by atoms with E-state index >= 15 is 0 Å². The van der Waals surface area contributed by atoms with E-state index in [0.717, 1.165) is 12.8 Å². The molecule has 0 aromatic carbocycles. The van der Waals surface area contributed by atoms with E-state index in [9.17, 15) is 0 Å². The summed E-state index contributed by atoms with van der Waals surface area (Å²) in [5.41, 5.74) is 6.74. The van der Waals surface area contributed by atoms with E-state index in [1.807, 2.05) is 6.08 Å². The normalized spacial score (nSPS) is 22.9. The van der Waals surface area contributed by atoms with Gasteiger partial charge in [0.1, 0.15) is 0 Å².